The second kappa shape index (κ2) is 5.29. The second-order valence-corrected chi connectivity index (χ2v) is 3.77. The molecule has 2 atom stereocenters. The standard InChI is InChI=1S/C9H12BrNO3/c10-3-1-7(12)9(14)6-2-4-11-8(13)5-6/h2,4-5,7,9,12,14H,1,3H2,(H,11,13). The van der Waals surface area contributed by atoms with Crippen LogP contribution < -0.4 is 5.56 Å². The molecule has 0 fully saturated rings. The molecule has 5 heteroatoms. The Morgan fingerprint density at radius 3 is 2.79 bits per heavy atom. The minimum atomic E-state index is -1.00. The zero-order valence-electron chi connectivity index (χ0n) is 7.48. The van der Waals surface area contributed by atoms with Crippen molar-refractivity contribution in [2.75, 3.05) is 5.33 Å². The maximum absolute atomic E-state index is 10.9. The van der Waals surface area contributed by atoms with Crippen LogP contribution in [0.25, 0.3) is 0 Å². The van der Waals surface area contributed by atoms with Crippen LogP contribution in [0.15, 0.2) is 23.1 Å². The molecule has 78 valence electrons. The maximum atomic E-state index is 10.9. The van der Waals surface area contributed by atoms with Crippen LogP contribution in [0.4, 0.5) is 0 Å². The Hall–Kier alpha value is -0.650. The normalized spacial score (nSPS) is 15.1. The molecule has 0 radical (unpaired) electrons. The SMILES string of the molecule is O=c1cc(C(O)C(O)CCBr)cc[nH]1. The first kappa shape index (κ1) is 11.4. The first-order chi connectivity index (χ1) is 6.65. The fourth-order valence-corrected chi connectivity index (χ4v) is 1.61. The number of aliphatic hydroxyl groups excluding tert-OH is 2. The number of hydrogen-bond acceptors (Lipinski definition) is 3. The molecule has 0 amide bonds. The van der Waals surface area contributed by atoms with Gasteiger partial charge in [-0.05, 0) is 18.1 Å². The summed E-state index contributed by atoms with van der Waals surface area (Å²) in [7, 11) is 0. The van der Waals surface area contributed by atoms with E-state index in [1.165, 1.54) is 12.3 Å². The third-order valence-electron chi connectivity index (χ3n) is 1.91. The minimum absolute atomic E-state index is 0.285. The Balaban J connectivity index is 2.78. The van der Waals surface area contributed by atoms with Crippen LogP contribution >= 0.6 is 15.9 Å². The summed E-state index contributed by atoms with van der Waals surface area (Å²) in [5.41, 5.74) is 0.148. The van der Waals surface area contributed by atoms with E-state index in [1.807, 2.05) is 0 Å². The molecule has 0 spiro atoms. The summed E-state index contributed by atoms with van der Waals surface area (Å²) in [6, 6.07) is 2.85. The Bertz CT molecular complexity index is 339. The number of nitrogens with one attached hydrogen (secondary N) is 1. The molecule has 14 heavy (non-hydrogen) atoms. The molecule has 0 bridgehead atoms. The lowest BCUT2D eigenvalue weighted by molar-refractivity contribution is 0.0172. The van der Waals surface area contributed by atoms with E-state index in [4.69, 9.17) is 0 Å². The largest absolute Gasteiger partial charge is 0.390 e. The van der Waals surface area contributed by atoms with Crippen LogP contribution in [0.1, 0.15) is 18.1 Å². The minimum Gasteiger partial charge on any atom is -0.390 e. The summed E-state index contributed by atoms with van der Waals surface area (Å²) >= 11 is 3.17. The van der Waals surface area contributed by atoms with E-state index in [9.17, 15) is 15.0 Å². The Kier molecular flexibility index (Phi) is 4.31. The van der Waals surface area contributed by atoms with Crippen molar-refractivity contribution in [1.82, 2.24) is 4.98 Å². The van der Waals surface area contributed by atoms with Crippen LogP contribution in [-0.4, -0.2) is 26.6 Å². The number of aromatic amines is 1. The Morgan fingerprint density at radius 2 is 2.21 bits per heavy atom. The molecule has 3 N–H and O–H groups in total. The lowest BCUT2D eigenvalue weighted by atomic mass is 10.0. The highest BCUT2D eigenvalue weighted by atomic mass is 79.9. The van der Waals surface area contributed by atoms with Gasteiger partial charge in [0.25, 0.3) is 0 Å². The van der Waals surface area contributed by atoms with Crippen LogP contribution in [0.3, 0.4) is 0 Å². The molecule has 0 aliphatic carbocycles. The highest BCUT2D eigenvalue weighted by molar-refractivity contribution is 9.09. The fraction of sp³-hybridized carbons (Fsp3) is 0.444. The average Bonchev–Trinajstić information content (AvgIpc) is 2.17. The Labute approximate surface area is 89.7 Å². The second-order valence-electron chi connectivity index (χ2n) is 2.98. The van der Waals surface area contributed by atoms with Gasteiger partial charge in [-0.15, -0.1) is 0 Å². The summed E-state index contributed by atoms with van der Waals surface area (Å²) < 4.78 is 0. The molecule has 4 nitrogen and oxygen atoms in total. The highest BCUT2D eigenvalue weighted by Gasteiger charge is 2.17. The lowest BCUT2D eigenvalue weighted by Crippen LogP contribution is -2.20. The van der Waals surface area contributed by atoms with Gasteiger partial charge in [-0.1, -0.05) is 15.9 Å². The summed E-state index contributed by atoms with van der Waals surface area (Å²) in [5, 5.41) is 19.7. The zero-order chi connectivity index (χ0) is 10.6. The molecule has 1 aromatic heterocycles. The van der Waals surface area contributed by atoms with Gasteiger partial charge < -0.3 is 15.2 Å². The molecule has 0 aliphatic heterocycles. The molecule has 1 heterocycles. The van der Waals surface area contributed by atoms with Gasteiger partial charge in [0.2, 0.25) is 5.56 Å². The molecule has 0 aliphatic rings. The van der Waals surface area contributed by atoms with Gasteiger partial charge in [0.15, 0.2) is 0 Å². The first-order valence-electron chi connectivity index (χ1n) is 4.26. The van der Waals surface area contributed by atoms with Gasteiger partial charge in [-0.25, -0.2) is 0 Å². The maximum Gasteiger partial charge on any atom is 0.248 e. The highest BCUT2D eigenvalue weighted by Crippen LogP contribution is 2.17. The number of pyridine rings is 1. The van der Waals surface area contributed by atoms with E-state index >= 15 is 0 Å². The number of halogens is 1. The van der Waals surface area contributed by atoms with Crippen LogP contribution in [0, 0.1) is 0 Å². The smallest absolute Gasteiger partial charge is 0.248 e. The van der Waals surface area contributed by atoms with Crippen LogP contribution in [0.2, 0.25) is 0 Å². The van der Waals surface area contributed by atoms with E-state index in [0.717, 1.165) is 0 Å². The first-order valence-corrected chi connectivity index (χ1v) is 5.38. The fourth-order valence-electron chi connectivity index (χ4n) is 1.14. The number of aliphatic hydroxyl groups is 2. The third-order valence-corrected chi connectivity index (χ3v) is 2.37. The van der Waals surface area contributed by atoms with Gasteiger partial charge >= 0.3 is 0 Å². The number of rotatable bonds is 4. The molecular weight excluding hydrogens is 250 g/mol. The van der Waals surface area contributed by atoms with Crippen molar-refractivity contribution in [3.05, 3.63) is 34.2 Å². The Morgan fingerprint density at radius 1 is 1.50 bits per heavy atom. The van der Waals surface area contributed by atoms with Crippen molar-refractivity contribution in [3.63, 3.8) is 0 Å². The molecule has 0 saturated carbocycles. The predicted octanol–water partition coefficient (Wildman–Crippen LogP) is 0.554. The van der Waals surface area contributed by atoms with Crippen molar-refractivity contribution >= 4 is 15.9 Å². The third kappa shape index (κ3) is 2.94. The predicted molar refractivity (Wildman–Crippen MR) is 56.4 cm³/mol. The lowest BCUT2D eigenvalue weighted by Gasteiger charge is -2.16. The van der Waals surface area contributed by atoms with Gasteiger partial charge in [-0.3, -0.25) is 4.79 Å². The summed E-state index contributed by atoms with van der Waals surface area (Å²) in [6.07, 6.45) is 0.0291. The molecule has 2 unspecified atom stereocenters. The topological polar surface area (TPSA) is 73.3 Å². The number of H-pyrrole nitrogens is 1. The summed E-state index contributed by atoms with van der Waals surface area (Å²) in [4.78, 5) is 13.4. The van der Waals surface area contributed by atoms with E-state index in [0.29, 0.717) is 17.3 Å². The van der Waals surface area contributed by atoms with Gasteiger partial charge in [-0.2, -0.15) is 0 Å². The van der Waals surface area contributed by atoms with Crippen molar-refractivity contribution in [1.29, 1.82) is 0 Å². The van der Waals surface area contributed by atoms with E-state index in [2.05, 4.69) is 20.9 Å². The molecule has 1 rings (SSSR count). The summed E-state index contributed by atoms with van der Waals surface area (Å²) in [5.74, 6) is 0. The van der Waals surface area contributed by atoms with Gasteiger partial charge in [0.05, 0.1) is 6.10 Å². The number of hydrogen-bond donors (Lipinski definition) is 3. The van der Waals surface area contributed by atoms with Gasteiger partial charge in [0.1, 0.15) is 6.10 Å². The summed E-state index contributed by atoms with van der Waals surface area (Å²) in [6.45, 7) is 0. The molecule has 0 saturated heterocycles. The van der Waals surface area contributed by atoms with Crippen molar-refractivity contribution in [2.45, 2.75) is 18.6 Å². The number of alkyl halides is 1. The average molecular weight is 262 g/mol. The van der Waals surface area contributed by atoms with E-state index in [-0.39, 0.29) is 5.56 Å². The van der Waals surface area contributed by atoms with Crippen molar-refractivity contribution < 1.29 is 10.2 Å². The van der Waals surface area contributed by atoms with Crippen LogP contribution in [0.5, 0.6) is 0 Å². The van der Waals surface area contributed by atoms with E-state index < -0.39 is 12.2 Å². The van der Waals surface area contributed by atoms with Crippen molar-refractivity contribution in [2.24, 2.45) is 0 Å². The van der Waals surface area contributed by atoms with Crippen LogP contribution in [-0.2, 0) is 0 Å². The number of aromatic nitrogens is 1. The molecule has 0 aromatic carbocycles. The van der Waals surface area contributed by atoms with Crippen molar-refractivity contribution in [3.8, 4) is 0 Å². The zero-order valence-corrected chi connectivity index (χ0v) is 9.07. The quantitative estimate of drug-likeness (QED) is 0.694. The monoisotopic (exact) mass is 261 g/mol. The van der Waals surface area contributed by atoms with Gasteiger partial charge in [0, 0.05) is 17.6 Å². The van der Waals surface area contributed by atoms with E-state index in [1.54, 1.807) is 6.07 Å². The molecule has 1 aromatic rings. The molecular formula is C9H12BrNO3.